The number of oxazole rings is 1. The fraction of sp³-hybridized carbons (Fsp3) is 0.333. The Morgan fingerprint density at radius 1 is 1.25 bits per heavy atom. The van der Waals surface area contributed by atoms with Crippen molar-refractivity contribution in [1.82, 2.24) is 14.9 Å². The Bertz CT molecular complexity index is 831. The van der Waals surface area contributed by atoms with Gasteiger partial charge in [0.15, 0.2) is 11.5 Å². The zero-order valence-electron chi connectivity index (χ0n) is 13.1. The normalized spacial score (nSPS) is 19.0. The van der Waals surface area contributed by atoms with Gasteiger partial charge in [0.05, 0.1) is 11.9 Å². The van der Waals surface area contributed by atoms with Gasteiger partial charge in [0.25, 0.3) is 0 Å². The van der Waals surface area contributed by atoms with Crippen molar-refractivity contribution >= 4 is 11.1 Å². The molecule has 1 aromatic carbocycles. The lowest BCUT2D eigenvalue weighted by Crippen LogP contribution is -2.34. The molecule has 3 heterocycles. The summed E-state index contributed by atoms with van der Waals surface area (Å²) >= 11 is 0. The zero-order valence-corrected chi connectivity index (χ0v) is 13.1. The van der Waals surface area contributed by atoms with Crippen LogP contribution < -0.4 is 0 Å². The maximum atomic E-state index is 13.8. The molecule has 0 N–H and O–H groups in total. The molecule has 0 spiro atoms. The molecule has 1 fully saturated rings. The summed E-state index contributed by atoms with van der Waals surface area (Å²) in [6, 6.07) is 8.58. The van der Waals surface area contributed by atoms with Gasteiger partial charge in [0.2, 0.25) is 0 Å². The second-order valence-corrected chi connectivity index (χ2v) is 6.18. The van der Waals surface area contributed by atoms with Crippen molar-refractivity contribution in [2.75, 3.05) is 13.1 Å². The summed E-state index contributed by atoms with van der Waals surface area (Å²) in [5.41, 5.74) is 1.92. The summed E-state index contributed by atoms with van der Waals surface area (Å²) in [6.07, 6.45) is 3.02. The van der Waals surface area contributed by atoms with Gasteiger partial charge in [-0.25, -0.2) is 13.8 Å². The second kappa shape index (κ2) is 6.28. The minimum atomic E-state index is -0.653. The molecule has 2 aromatic heterocycles. The number of pyridine rings is 1. The van der Waals surface area contributed by atoms with Crippen molar-refractivity contribution in [1.29, 1.82) is 0 Å². The number of rotatable bonds is 3. The van der Waals surface area contributed by atoms with E-state index in [0.717, 1.165) is 55.2 Å². The highest BCUT2D eigenvalue weighted by atomic mass is 19.1. The van der Waals surface area contributed by atoms with Gasteiger partial charge in [-0.2, -0.15) is 0 Å². The Balaban J connectivity index is 1.51. The summed E-state index contributed by atoms with van der Waals surface area (Å²) in [5.74, 6) is -0.346. The fourth-order valence-electron chi connectivity index (χ4n) is 3.24. The Morgan fingerprint density at radius 2 is 2.12 bits per heavy atom. The lowest BCUT2D eigenvalue weighted by atomic mass is 9.98. The van der Waals surface area contributed by atoms with E-state index < -0.39 is 11.6 Å². The van der Waals surface area contributed by atoms with Gasteiger partial charge in [-0.05, 0) is 31.5 Å². The standard InChI is InChI=1S/C18H17F2N3O/c19-13-8-14(20)16(21-9-13)11-23-7-3-4-12(10-23)18-22-15-5-1-2-6-17(15)24-18/h1-2,5-6,8-9,12H,3-4,7,10-11H2. The second-order valence-electron chi connectivity index (χ2n) is 6.18. The lowest BCUT2D eigenvalue weighted by Gasteiger charge is -2.30. The molecule has 1 aliphatic rings. The maximum absolute atomic E-state index is 13.8. The molecule has 4 rings (SSSR count). The number of hydrogen-bond acceptors (Lipinski definition) is 4. The van der Waals surface area contributed by atoms with E-state index in [9.17, 15) is 8.78 Å². The molecule has 6 heteroatoms. The number of hydrogen-bond donors (Lipinski definition) is 0. The molecule has 0 amide bonds. The number of fused-ring (bicyclic) bond motifs is 1. The van der Waals surface area contributed by atoms with Gasteiger partial charge in [-0.3, -0.25) is 9.88 Å². The minimum absolute atomic E-state index is 0.176. The van der Waals surface area contributed by atoms with Crippen LogP contribution in [-0.2, 0) is 6.54 Å². The highest BCUT2D eigenvalue weighted by Gasteiger charge is 2.26. The average molecular weight is 329 g/mol. The van der Waals surface area contributed by atoms with Gasteiger partial charge < -0.3 is 4.42 Å². The fourth-order valence-corrected chi connectivity index (χ4v) is 3.24. The molecule has 1 saturated heterocycles. The third kappa shape index (κ3) is 3.01. The van der Waals surface area contributed by atoms with E-state index in [0.29, 0.717) is 6.54 Å². The summed E-state index contributed by atoms with van der Waals surface area (Å²) in [7, 11) is 0. The number of likely N-dealkylation sites (tertiary alicyclic amines) is 1. The third-order valence-electron chi connectivity index (χ3n) is 4.42. The Morgan fingerprint density at radius 3 is 2.96 bits per heavy atom. The number of aromatic nitrogens is 2. The molecule has 24 heavy (non-hydrogen) atoms. The van der Waals surface area contributed by atoms with E-state index in [4.69, 9.17) is 4.42 Å². The van der Waals surface area contributed by atoms with Crippen molar-refractivity contribution in [2.45, 2.75) is 25.3 Å². The van der Waals surface area contributed by atoms with Gasteiger partial charge in [0, 0.05) is 25.1 Å². The summed E-state index contributed by atoms with van der Waals surface area (Å²) in [6.45, 7) is 1.95. The van der Waals surface area contributed by atoms with E-state index in [1.165, 1.54) is 0 Å². The highest BCUT2D eigenvalue weighted by Crippen LogP contribution is 2.29. The molecule has 0 radical (unpaired) electrons. The number of piperidine rings is 1. The van der Waals surface area contributed by atoms with Gasteiger partial charge in [0.1, 0.15) is 17.2 Å². The van der Waals surface area contributed by atoms with Crippen molar-refractivity contribution in [3.8, 4) is 0 Å². The first-order chi connectivity index (χ1) is 11.7. The third-order valence-corrected chi connectivity index (χ3v) is 4.42. The summed E-state index contributed by atoms with van der Waals surface area (Å²) in [4.78, 5) is 10.6. The topological polar surface area (TPSA) is 42.2 Å². The van der Waals surface area contributed by atoms with E-state index in [-0.39, 0.29) is 11.6 Å². The molecule has 3 aromatic rings. The van der Waals surface area contributed by atoms with Crippen LogP contribution in [0.15, 0.2) is 40.9 Å². The van der Waals surface area contributed by atoms with Crippen molar-refractivity contribution in [3.05, 3.63) is 59.7 Å². The van der Waals surface area contributed by atoms with E-state index in [1.54, 1.807) is 0 Å². The van der Waals surface area contributed by atoms with E-state index >= 15 is 0 Å². The first-order valence-electron chi connectivity index (χ1n) is 8.07. The molecule has 124 valence electrons. The van der Waals surface area contributed by atoms with Crippen LogP contribution in [0.4, 0.5) is 8.78 Å². The smallest absolute Gasteiger partial charge is 0.199 e. The monoisotopic (exact) mass is 329 g/mol. The molecule has 1 atom stereocenters. The zero-order chi connectivity index (χ0) is 16.5. The number of nitrogens with zero attached hydrogens (tertiary/aromatic N) is 3. The van der Waals surface area contributed by atoms with Crippen LogP contribution in [0.2, 0.25) is 0 Å². The number of para-hydroxylation sites is 2. The largest absolute Gasteiger partial charge is 0.440 e. The lowest BCUT2D eigenvalue weighted by molar-refractivity contribution is 0.183. The first kappa shape index (κ1) is 15.2. The first-order valence-corrected chi connectivity index (χ1v) is 8.07. The molecular weight excluding hydrogens is 312 g/mol. The summed E-state index contributed by atoms with van der Waals surface area (Å²) in [5, 5.41) is 0. The van der Waals surface area contributed by atoms with Crippen LogP contribution >= 0.6 is 0 Å². The van der Waals surface area contributed by atoms with Crippen LogP contribution in [0, 0.1) is 11.6 Å². The maximum Gasteiger partial charge on any atom is 0.199 e. The molecule has 1 aliphatic heterocycles. The molecule has 0 aliphatic carbocycles. The van der Waals surface area contributed by atoms with Crippen molar-refractivity contribution in [3.63, 3.8) is 0 Å². The molecular formula is C18H17F2N3O. The highest BCUT2D eigenvalue weighted by molar-refractivity contribution is 5.72. The van der Waals surface area contributed by atoms with Crippen LogP contribution in [0.3, 0.4) is 0 Å². The Labute approximate surface area is 138 Å². The summed E-state index contributed by atoms with van der Waals surface area (Å²) < 4.78 is 32.6. The Kier molecular flexibility index (Phi) is 3.98. The number of benzene rings is 1. The van der Waals surface area contributed by atoms with Crippen LogP contribution in [0.5, 0.6) is 0 Å². The van der Waals surface area contributed by atoms with E-state index in [1.807, 2.05) is 24.3 Å². The van der Waals surface area contributed by atoms with E-state index in [2.05, 4.69) is 14.9 Å². The molecule has 4 nitrogen and oxygen atoms in total. The number of halogens is 2. The Hall–Kier alpha value is -2.34. The molecule has 0 saturated carbocycles. The van der Waals surface area contributed by atoms with Gasteiger partial charge >= 0.3 is 0 Å². The molecule has 0 bridgehead atoms. The van der Waals surface area contributed by atoms with Crippen molar-refractivity contribution in [2.24, 2.45) is 0 Å². The SMILES string of the molecule is Fc1cnc(CN2CCCC(c3nc4ccccc4o3)C2)c(F)c1. The van der Waals surface area contributed by atoms with Crippen molar-refractivity contribution < 1.29 is 13.2 Å². The predicted octanol–water partition coefficient (Wildman–Crippen LogP) is 3.88. The van der Waals surface area contributed by atoms with Gasteiger partial charge in [-0.15, -0.1) is 0 Å². The minimum Gasteiger partial charge on any atom is -0.440 e. The molecule has 1 unspecified atom stereocenters. The average Bonchev–Trinajstić information content (AvgIpc) is 3.02. The van der Waals surface area contributed by atoms with Crippen LogP contribution in [0.1, 0.15) is 30.3 Å². The van der Waals surface area contributed by atoms with Gasteiger partial charge in [-0.1, -0.05) is 12.1 Å². The quantitative estimate of drug-likeness (QED) is 0.731. The van der Waals surface area contributed by atoms with Crippen LogP contribution in [0.25, 0.3) is 11.1 Å². The van der Waals surface area contributed by atoms with Crippen LogP contribution in [-0.4, -0.2) is 28.0 Å². The predicted molar refractivity (Wildman–Crippen MR) is 85.4 cm³/mol.